The molecule has 0 unspecified atom stereocenters. The minimum absolute atomic E-state index is 0.0313. The Morgan fingerprint density at radius 1 is 1.29 bits per heavy atom. The molecule has 114 valence electrons. The number of aromatic amines is 1. The average Bonchev–Trinajstić information content (AvgIpc) is 2.95. The van der Waals surface area contributed by atoms with Gasteiger partial charge in [0.05, 0.1) is 6.20 Å². The summed E-state index contributed by atoms with van der Waals surface area (Å²) in [6, 6.07) is 7.87. The fourth-order valence-electron chi connectivity index (χ4n) is 1.95. The molecule has 1 aromatic heterocycles. The third-order valence-electron chi connectivity index (χ3n) is 3.28. The third kappa shape index (κ3) is 3.69. The Bertz CT molecular complexity index is 690. The zero-order valence-electron chi connectivity index (χ0n) is 12.1. The highest BCUT2D eigenvalue weighted by atomic mass is 32.2. The van der Waals surface area contributed by atoms with E-state index in [0.29, 0.717) is 11.5 Å². The van der Waals surface area contributed by atoms with Gasteiger partial charge in [0.15, 0.2) is 5.03 Å². The molecule has 7 heteroatoms. The Labute approximate surface area is 124 Å². The summed E-state index contributed by atoms with van der Waals surface area (Å²) in [4.78, 5) is 0. The molecule has 0 atom stereocenters. The van der Waals surface area contributed by atoms with Crippen molar-refractivity contribution < 1.29 is 8.42 Å². The van der Waals surface area contributed by atoms with Gasteiger partial charge < -0.3 is 5.73 Å². The van der Waals surface area contributed by atoms with Crippen molar-refractivity contribution in [2.24, 2.45) is 5.73 Å². The van der Waals surface area contributed by atoms with Crippen LogP contribution in [-0.4, -0.2) is 18.6 Å². The summed E-state index contributed by atoms with van der Waals surface area (Å²) in [7, 11) is -3.63. The van der Waals surface area contributed by atoms with E-state index in [1.54, 1.807) is 0 Å². The number of hydrogen-bond acceptors (Lipinski definition) is 4. The lowest BCUT2D eigenvalue weighted by Gasteiger charge is -2.09. The van der Waals surface area contributed by atoms with Crippen LogP contribution in [0.5, 0.6) is 0 Å². The van der Waals surface area contributed by atoms with Crippen molar-refractivity contribution in [1.82, 2.24) is 14.9 Å². The molecule has 6 nitrogen and oxygen atoms in total. The van der Waals surface area contributed by atoms with Crippen molar-refractivity contribution in [3.05, 3.63) is 47.2 Å². The van der Waals surface area contributed by atoms with Crippen molar-refractivity contribution in [3.63, 3.8) is 0 Å². The molecule has 0 bridgehead atoms. The fourth-order valence-corrected chi connectivity index (χ4v) is 3.10. The summed E-state index contributed by atoms with van der Waals surface area (Å²) in [5.41, 5.74) is 8.08. The summed E-state index contributed by atoms with van der Waals surface area (Å²) in [6.07, 6.45) is 1.42. The number of nitrogens with one attached hydrogen (secondary N) is 2. The molecular weight excluding hydrogens is 288 g/mol. The van der Waals surface area contributed by atoms with Gasteiger partial charge in [0.25, 0.3) is 10.0 Å². The molecule has 1 aromatic carbocycles. The van der Waals surface area contributed by atoms with Crippen LogP contribution in [0.4, 0.5) is 0 Å². The Kier molecular flexibility index (Phi) is 4.76. The minimum atomic E-state index is -3.63. The van der Waals surface area contributed by atoms with Crippen LogP contribution < -0.4 is 10.5 Å². The Hall–Kier alpha value is -1.70. The maximum absolute atomic E-state index is 12.2. The number of H-pyrrole nitrogens is 1. The lowest BCUT2D eigenvalue weighted by atomic mass is 10.0. The van der Waals surface area contributed by atoms with E-state index in [1.165, 1.54) is 11.8 Å². The first kappa shape index (κ1) is 15.7. The first-order chi connectivity index (χ1) is 9.94. The Morgan fingerprint density at radius 3 is 2.52 bits per heavy atom. The van der Waals surface area contributed by atoms with Gasteiger partial charge >= 0.3 is 0 Å². The fraction of sp³-hybridized carbons (Fsp3) is 0.357. The van der Waals surface area contributed by atoms with Gasteiger partial charge in [-0.3, -0.25) is 5.10 Å². The van der Waals surface area contributed by atoms with Gasteiger partial charge in [0, 0.05) is 18.7 Å². The first-order valence-corrected chi connectivity index (χ1v) is 8.23. The SMILES string of the molecule is CC(C)c1ccc(CNS(=O)(=O)c2[nH]ncc2CN)cc1. The van der Waals surface area contributed by atoms with E-state index < -0.39 is 10.0 Å². The van der Waals surface area contributed by atoms with Crippen LogP contribution in [0.3, 0.4) is 0 Å². The van der Waals surface area contributed by atoms with Crippen LogP contribution in [0.2, 0.25) is 0 Å². The third-order valence-corrected chi connectivity index (χ3v) is 4.69. The second-order valence-corrected chi connectivity index (χ2v) is 6.85. The normalized spacial score (nSPS) is 12.0. The second-order valence-electron chi connectivity index (χ2n) is 5.15. The monoisotopic (exact) mass is 308 g/mol. The highest BCUT2D eigenvalue weighted by molar-refractivity contribution is 7.89. The van der Waals surface area contributed by atoms with Gasteiger partial charge in [-0.2, -0.15) is 5.10 Å². The zero-order valence-corrected chi connectivity index (χ0v) is 12.9. The number of benzene rings is 1. The number of sulfonamides is 1. The average molecular weight is 308 g/mol. The molecule has 0 aliphatic heterocycles. The molecule has 4 N–H and O–H groups in total. The maximum atomic E-state index is 12.2. The van der Waals surface area contributed by atoms with E-state index in [0.717, 1.165) is 5.56 Å². The summed E-state index contributed by atoms with van der Waals surface area (Å²) >= 11 is 0. The molecule has 0 amide bonds. The van der Waals surface area contributed by atoms with Gasteiger partial charge in [-0.1, -0.05) is 38.1 Å². The molecule has 2 aromatic rings. The number of rotatable bonds is 6. The van der Waals surface area contributed by atoms with Crippen molar-refractivity contribution in [3.8, 4) is 0 Å². The molecule has 2 rings (SSSR count). The van der Waals surface area contributed by atoms with E-state index in [2.05, 4.69) is 28.8 Å². The largest absolute Gasteiger partial charge is 0.326 e. The lowest BCUT2D eigenvalue weighted by molar-refractivity contribution is 0.575. The van der Waals surface area contributed by atoms with Gasteiger partial charge in [-0.05, 0) is 17.0 Å². The standard InChI is InChI=1S/C14H20N4O2S/c1-10(2)12-5-3-11(4-6-12)8-17-21(19,20)14-13(7-15)9-16-18-14/h3-6,9-10,17H,7-8,15H2,1-2H3,(H,16,18). The van der Waals surface area contributed by atoms with Gasteiger partial charge in [0.1, 0.15) is 0 Å². The molecule has 0 aliphatic rings. The van der Waals surface area contributed by atoms with Crippen LogP contribution in [0, 0.1) is 0 Å². The quantitative estimate of drug-likeness (QED) is 0.752. The Balaban J connectivity index is 2.08. The minimum Gasteiger partial charge on any atom is -0.326 e. The van der Waals surface area contributed by atoms with Crippen LogP contribution in [0.15, 0.2) is 35.5 Å². The summed E-state index contributed by atoms with van der Waals surface area (Å²) in [6.45, 7) is 4.58. The van der Waals surface area contributed by atoms with Crippen LogP contribution in [0.25, 0.3) is 0 Å². The number of nitrogens with two attached hydrogens (primary N) is 1. The predicted octanol–water partition coefficient (Wildman–Crippen LogP) is 1.47. The van der Waals surface area contributed by atoms with E-state index >= 15 is 0 Å². The number of hydrogen-bond donors (Lipinski definition) is 3. The van der Waals surface area contributed by atoms with Gasteiger partial charge in [-0.25, -0.2) is 13.1 Å². The van der Waals surface area contributed by atoms with Gasteiger partial charge in [-0.15, -0.1) is 0 Å². The van der Waals surface area contributed by atoms with E-state index in [4.69, 9.17) is 5.73 Å². The second kappa shape index (κ2) is 6.38. The highest BCUT2D eigenvalue weighted by Gasteiger charge is 2.19. The van der Waals surface area contributed by atoms with E-state index in [9.17, 15) is 8.42 Å². The first-order valence-electron chi connectivity index (χ1n) is 6.75. The molecule has 0 saturated heterocycles. The molecular formula is C14H20N4O2S. The molecule has 1 heterocycles. The smallest absolute Gasteiger partial charge is 0.258 e. The number of aromatic nitrogens is 2. The molecule has 0 spiro atoms. The van der Waals surface area contributed by atoms with E-state index in [1.807, 2.05) is 24.3 Å². The highest BCUT2D eigenvalue weighted by Crippen LogP contribution is 2.15. The van der Waals surface area contributed by atoms with Crippen LogP contribution >= 0.6 is 0 Å². The summed E-state index contributed by atoms with van der Waals surface area (Å²) < 4.78 is 26.9. The van der Waals surface area contributed by atoms with E-state index in [-0.39, 0.29) is 18.1 Å². The van der Waals surface area contributed by atoms with Gasteiger partial charge in [0.2, 0.25) is 0 Å². The molecule has 0 saturated carbocycles. The molecule has 0 radical (unpaired) electrons. The van der Waals surface area contributed by atoms with Crippen molar-refractivity contribution >= 4 is 10.0 Å². The topological polar surface area (TPSA) is 101 Å². The summed E-state index contributed by atoms with van der Waals surface area (Å²) in [5.74, 6) is 0.452. The van der Waals surface area contributed by atoms with Crippen LogP contribution in [-0.2, 0) is 23.1 Å². The van der Waals surface area contributed by atoms with Crippen molar-refractivity contribution in [2.45, 2.75) is 37.9 Å². The number of nitrogens with zero attached hydrogens (tertiary/aromatic N) is 1. The molecule has 21 heavy (non-hydrogen) atoms. The predicted molar refractivity (Wildman–Crippen MR) is 81.0 cm³/mol. The lowest BCUT2D eigenvalue weighted by Crippen LogP contribution is -2.25. The van der Waals surface area contributed by atoms with Crippen molar-refractivity contribution in [2.75, 3.05) is 0 Å². The van der Waals surface area contributed by atoms with Crippen molar-refractivity contribution in [1.29, 1.82) is 0 Å². The summed E-state index contributed by atoms with van der Waals surface area (Å²) in [5, 5.41) is 6.23. The van der Waals surface area contributed by atoms with Crippen LogP contribution in [0.1, 0.15) is 36.5 Å². The zero-order chi connectivity index (χ0) is 15.5. The maximum Gasteiger partial charge on any atom is 0.258 e. The molecule has 0 fully saturated rings. The Morgan fingerprint density at radius 2 is 1.95 bits per heavy atom. The molecule has 0 aliphatic carbocycles.